The Balaban J connectivity index is 2.06. The van der Waals surface area contributed by atoms with Crippen molar-refractivity contribution in [3.63, 3.8) is 0 Å². The molecule has 2 N–H and O–H groups in total. The van der Waals surface area contributed by atoms with Crippen molar-refractivity contribution >= 4 is 17.1 Å². The van der Waals surface area contributed by atoms with Gasteiger partial charge in [-0.25, -0.2) is 4.98 Å². The van der Waals surface area contributed by atoms with Crippen molar-refractivity contribution in [1.82, 2.24) is 19.4 Å². The number of hydrogen-bond acceptors (Lipinski definition) is 5. The minimum absolute atomic E-state index is 0.0169. The predicted molar refractivity (Wildman–Crippen MR) is 90.0 cm³/mol. The molecule has 0 aliphatic carbocycles. The summed E-state index contributed by atoms with van der Waals surface area (Å²) in [4.78, 5) is 12.6. The molecule has 0 amide bonds. The third-order valence-electron chi connectivity index (χ3n) is 3.70. The number of aromatic nitrogens is 4. The van der Waals surface area contributed by atoms with Crippen molar-refractivity contribution in [3.05, 3.63) is 60.3 Å². The van der Waals surface area contributed by atoms with Gasteiger partial charge in [0.05, 0.1) is 23.5 Å². The Morgan fingerprint density at radius 2 is 1.75 bits per heavy atom. The first-order valence-electron chi connectivity index (χ1n) is 7.09. The van der Waals surface area contributed by atoms with Crippen molar-refractivity contribution in [2.45, 2.75) is 0 Å². The Morgan fingerprint density at radius 3 is 2.58 bits per heavy atom. The number of aromatic hydroxyl groups is 2. The lowest BCUT2D eigenvalue weighted by Gasteiger charge is -2.04. The molecule has 4 rings (SSSR count). The number of fused-ring (bicyclic) bond motifs is 1. The first-order valence-corrected chi connectivity index (χ1v) is 7.47. The minimum Gasteiger partial charge on any atom is -0.507 e. The van der Waals surface area contributed by atoms with Crippen LogP contribution in [0.5, 0.6) is 11.5 Å². The van der Waals surface area contributed by atoms with Gasteiger partial charge in [-0.2, -0.15) is 0 Å². The fraction of sp³-hybridized carbons (Fsp3) is 0. The van der Waals surface area contributed by atoms with Crippen LogP contribution in [0.15, 0.2) is 55.2 Å². The van der Waals surface area contributed by atoms with E-state index in [4.69, 9.17) is 11.6 Å². The zero-order valence-corrected chi connectivity index (χ0v) is 13.0. The van der Waals surface area contributed by atoms with Gasteiger partial charge >= 0.3 is 0 Å². The van der Waals surface area contributed by atoms with E-state index in [2.05, 4.69) is 15.0 Å². The number of benzene rings is 1. The lowest BCUT2D eigenvalue weighted by molar-refractivity contribution is 0.474. The van der Waals surface area contributed by atoms with Gasteiger partial charge in [0.2, 0.25) is 0 Å². The molecule has 0 unspecified atom stereocenters. The van der Waals surface area contributed by atoms with Crippen LogP contribution in [0.2, 0.25) is 5.02 Å². The summed E-state index contributed by atoms with van der Waals surface area (Å²) in [5.41, 5.74) is 2.25. The van der Waals surface area contributed by atoms with Crippen LogP contribution in [0, 0.1) is 0 Å². The molecule has 0 saturated heterocycles. The van der Waals surface area contributed by atoms with Crippen LogP contribution in [0.4, 0.5) is 0 Å². The average molecular weight is 339 g/mol. The van der Waals surface area contributed by atoms with Gasteiger partial charge in [-0.1, -0.05) is 11.6 Å². The lowest BCUT2D eigenvalue weighted by atomic mass is 10.1. The summed E-state index contributed by atoms with van der Waals surface area (Å²) in [5, 5.41) is 20.8. The van der Waals surface area contributed by atoms with Gasteiger partial charge in [-0.15, -0.1) is 0 Å². The number of hydrogen-bond donors (Lipinski definition) is 2. The van der Waals surface area contributed by atoms with Gasteiger partial charge < -0.3 is 10.2 Å². The van der Waals surface area contributed by atoms with Crippen molar-refractivity contribution in [2.24, 2.45) is 0 Å². The van der Waals surface area contributed by atoms with E-state index in [0.29, 0.717) is 33.2 Å². The SMILES string of the molecule is Oc1cnccc1-c1nc(-c2cc(Cl)ccc2O)n2ccncc12. The Hall–Kier alpha value is -3.12. The van der Waals surface area contributed by atoms with Crippen LogP contribution in [-0.4, -0.2) is 29.6 Å². The van der Waals surface area contributed by atoms with Crippen molar-refractivity contribution in [2.75, 3.05) is 0 Å². The van der Waals surface area contributed by atoms with Gasteiger partial charge in [0, 0.05) is 29.2 Å². The van der Waals surface area contributed by atoms with E-state index in [1.54, 1.807) is 47.4 Å². The van der Waals surface area contributed by atoms with Gasteiger partial charge in [0.25, 0.3) is 0 Å². The number of imidazole rings is 1. The Morgan fingerprint density at radius 1 is 0.917 bits per heavy atom. The molecule has 0 fully saturated rings. The van der Waals surface area contributed by atoms with E-state index < -0.39 is 0 Å². The van der Waals surface area contributed by atoms with E-state index in [9.17, 15) is 10.2 Å². The molecule has 0 aliphatic heterocycles. The third kappa shape index (κ3) is 2.24. The molecule has 0 atom stereocenters. The molecule has 0 saturated carbocycles. The summed E-state index contributed by atoms with van der Waals surface area (Å²) in [6, 6.07) is 6.44. The summed E-state index contributed by atoms with van der Waals surface area (Å²) in [6.07, 6.45) is 7.93. The normalized spacial score (nSPS) is 11.0. The minimum atomic E-state index is 0.0169. The van der Waals surface area contributed by atoms with Crippen LogP contribution in [0.1, 0.15) is 0 Å². The fourth-order valence-electron chi connectivity index (χ4n) is 2.60. The molecular formula is C17H11ClN4O2. The molecule has 3 aromatic heterocycles. The molecule has 0 bridgehead atoms. The highest BCUT2D eigenvalue weighted by Crippen LogP contribution is 2.36. The number of nitrogens with zero attached hydrogens (tertiary/aromatic N) is 4. The fourth-order valence-corrected chi connectivity index (χ4v) is 2.77. The van der Waals surface area contributed by atoms with E-state index >= 15 is 0 Å². The number of pyridine rings is 1. The largest absolute Gasteiger partial charge is 0.507 e. The van der Waals surface area contributed by atoms with E-state index in [0.717, 1.165) is 0 Å². The average Bonchev–Trinajstić information content (AvgIpc) is 2.97. The number of phenolic OH excluding ortho intramolecular Hbond substituents is 1. The van der Waals surface area contributed by atoms with Gasteiger partial charge in [0.1, 0.15) is 23.0 Å². The Bertz CT molecular complexity index is 1060. The quantitative estimate of drug-likeness (QED) is 0.584. The van der Waals surface area contributed by atoms with E-state index in [-0.39, 0.29) is 11.5 Å². The number of halogens is 1. The van der Waals surface area contributed by atoms with E-state index in [1.165, 1.54) is 12.3 Å². The second kappa shape index (κ2) is 5.50. The maximum atomic E-state index is 10.2. The summed E-state index contributed by atoms with van der Waals surface area (Å²) in [5.74, 6) is 0.579. The summed E-state index contributed by atoms with van der Waals surface area (Å²) in [7, 11) is 0. The second-order valence-electron chi connectivity index (χ2n) is 5.17. The molecule has 6 nitrogen and oxygen atoms in total. The zero-order chi connectivity index (χ0) is 16.7. The topological polar surface area (TPSA) is 83.5 Å². The highest BCUT2D eigenvalue weighted by Gasteiger charge is 2.18. The standard InChI is InChI=1S/C17H11ClN4O2/c18-10-1-2-14(23)12(7-10)17-21-16(11-3-4-19-9-15(11)24)13-8-20-5-6-22(13)17/h1-9,23-24H. The first-order chi connectivity index (χ1) is 11.6. The smallest absolute Gasteiger partial charge is 0.149 e. The van der Waals surface area contributed by atoms with Crippen LogP contribution in [-0.2, 0) is 0 Å². The summed E-state index contributed by atoms with van der Waals surface area (Å²) >= 11 is 6.06. The predicted octanol–water partition coefficient (Wildman–Crippen LogP) is 3.52. The van der Waals surface area contributed by atoms with Crippen LogP contribution in [0.25, 0.3) is 28.2 Å². The Kier molecular flexibility index (Phi) is 3.32. The molecule has 24 heavy (non-hydrogen) atoms. The summed E-state index contributed by atoms with van der Waals surface area (Å²) in [6.45, 7) is 0. The first kappa shape index (κ1) is 14.5. The highest BCUT2D eigenvalue weighted by atomic mass is 35.5. The van der Waals surface area contributed by atoms with Crippen molar-refractivity contribution in [1.29, 1.82) is 0 Å². The van der Waals surface area contributed by atoms with Gasteiger partial charge in [-0.3, -0.25) is 14.4 Å². The highest BCUT2D eigenvalue weighted by molar-refractivity contribution is 6.30. The molecule has 0 radical (unpaired) electrons. The zero-order valence-electron chi connectivity index (χ0n) is 12.3. The van der Waals surface area contributed by atoms with Crippen LogP contribution < -0.4 is 0 Å². The maximum Gasteiger partial charge on any atom is 0.149 e. The van der Waals surface area contributed by atoms with Gasteiger partial charge in [-0.05, 0) is 24.3 Å². The van der Waals surface area contributed by atoms with Crippen LogP contribution >= 0.6 is 11.6 Å². The molecule has 0 aliphatic rings. The molecule has 1 aromatic carbocycles. The maximum absolute atomic E-state index is 10.2. The third-order valence-corrected chi connectivity index (χ3v) is 3.94. The monoisotopic (exact) mass is 338 g/mol. The number of rotatable bonds is 2. The molecule has 0 spiro atoms. The summed E-state index contributed by atoms with van der Waals surface area (Å²) < 4.78 is 1.79. The molecular weight excluding hydrogens is 328 g/mol. The van der Waals surface area contributed by atoms with Crippen molar-refractivity contribution < 1.29 is 10.2 Å². The molecule has 4 aromatic rings. The molecule has 3 heterocycles. The molecule has 118 valence electrons. The second-order valence-corrected chi connectivity index (χ2v) is 5.61. The molecule has 7 heteroatoms. The Labute approximate surface area is 141 Å². The van der Waals surface area contributed by atoms with Gasteiger partial charge in [0.15, 0.2) is 0 Å². The number of phenols is 1. The van der Waals surface area contributed by atoms with Crippen LogP contribution in [0.3, 0.4) is 0 Å². The van der Waals surface area contributed by atoms with Crippen molar-refractivity contribution in [3.8, 4) is 34.1 Å². The lowest BCUT2D eigenvalue weighted by Crippen LogP contribution is -1.90. The van der Waals surface area contributed by atoms with E-state index in [1.807, 2.05) is 0 Å².